The molecule has 10 heteroatoms. The molecule has 0 saturated carbocycles. The number of aliphatic imine (C=N–C) groups is 1. The van der Waals surface area contributed by atoms with Crippen LogP contribution in [0.25, 0.3) is 0 Å². The Hall–Kier alpha value is -1.71. The van der Waals surface area contributed by atoms with Gasteiger partial charge in [0.2, 0.25) is 0 Å². The van der Waals surface area contributed by atoms with Gasteiger partial charge < -0.3 is 19.9 Å². The summed E-state index contributed by atoms with van der Waals surface area (Å²) in [6, 6.07) is 0. The Labute approximate surface area is 153 Å². The van der Waals surface area contributed by atoms with E-state index in [2.05, 4.69) is 15.2 Å². The Morgan fingerprint density at radius 3 is 2.35 bits per heavy atom. The van der Waals surface area contributed by atoms with Crippen LogP contribution in [0.15, 0.2) is 4.99 Å². The molecule has 0 radical (unpaired) electrons. The number of ether oxygens (including phenoxy) is 1. The van der Waals surface area contributed by atoms with Crippen molar-refractivity contribution in [2.45, 2.75) is 26.4 Å². The fourth-order valence-electron chi connectivity index (χ4n) is 2.65. The third-order valence-electron chi connectivity index (χ3n) is 3.85. The van der Waals surface area contributed by atoms with Crippen molar-refractivity contribution >= 4 is 12.1 Å². The van der Waals surface area contributed by atoms with Gasteiger partial charge in [0.25, 0.3) is 0 Å². The highest BCUT2D eigenvalue weighted by Gasteiger charge is 2.28. The molecule has 1 fully saturated rings. The van der Waals surface area contributed by atoms with E-state index in [1.165, 1.54) is 11.9 Å². The molecule has 0 aromatic rings. The molecule has 1 heterocycles. The first-order valence-electron chi connectivity index (χ1n) is 8.97. The molecule has 0 spiro atoms. The first kappa shape index (κ1) is 22.3. The molecule has 1 aliphatic heterocycles. The van der Waals surface area contributed by atoms with Gasteiger partial charge in [0.1, 0.15) is 0 Å². The number of hydrogen-bond donors (Lipinski definition) is 1. The van der Waals surface area contributed by atoms with E-state index < -0.39 is 12.7 Å². The average molecular weight is 381 g/mol. The first-order valence-corrected chi connectivity index (χ1v) is 8.97. The van der Waals surface area contributed by atoms with Crippen molar-refractivity contribution in [3.63, 3.8) is 0 Å². The minimum atomic E-state index is -4.18. The second kappa shape index (κ2) is 11.1. The number of halogens is 3. The molecule has 0 bridgehead atoms. The quantitative estimate of drug-likeness (QED) is 0.413. The van der Waals surface area contributed by atoms with E-state index in [4.69, 9.17) is 4.74 Å². The highest BCUT2D eigenvalue weighted by Crippen LogP contribution is 2.15. The van der Waals surface area contributed by atoms with Crippen LogP contribution in [0.2, 0.25) is 0 Å². The minimum Gasteiger partial charge on any atom is -0.450 e. The van der Waals surface area contributed by atoms with Crippen LogP contribution in [-0.4, -0.2) is 98.9 Å². The number of nitrogens with one attached hydrogen (secondary N) is 1. The summed E-state index contributed by atoms with van der Waals surface area (Å²) >= 11 is 0. The molecule has 1 rings (SSSR count). The fourth-order valence-corrected chi connectivity index (χ4v) is 2.65. The second-order valence-electron chi connectivity index (χ2n) is 6.12. The highest BCUT2D eigenvalue weighted by molar-refractivity contribution is 5.80. The van der Waals surface area contributed by atoms with Crippen molar-refractivity contribution in [3.8, 4) is 0 Å². The summed E-state index contributed by atoms with van der Waals surface area (Å²) in [5.41, 5.74) is 0. The number of carbonyl (C=O) groups is 1. The normalized spacial score (nSPS) is 16.2. The summed E-state index contributed by atoms with van der Waals surface area (Å²) in [5.74, 6) is 0.731. The van der Waals surface area contributed by atoms with Gasteiger partial charge in [-0.3, -0.25) is 9.89 Å². The molecule has 0 aliphatic carbocycles. The third-order valence-corrected chi connectivity index (χ3v) is 3.85. The van der Waals surface area contributed by atoms with Gasteiger partial charge in [0.15, 0.2) is 5.96 Å². The molecule has 7 nitrogen and oxygen atoms in total. The van der Waals surface area contributed by atoms with Crippen molar-refractivity contribution in [2.24, 2.45) is 4.99 Å². The number of hydrogen-bond acceptors (Lipinski definition) is 4. The molecule has 1 saturated heterocycles. The summed E-state index contributed by atoms with van der Waals surface area (Å²) in [4.78, 5) is 21.2. The molecule has 26 heavy (non-hydrogen) atoms. The number of nitrogens with zero attached hydrogens (tertiary/aromatic N) is 4. The summed E-state index contributed by atoms with van der Waals surface area (Å²) < 4.78 is 41.9. The van der Waals surface area contributed by atoms with Crippen molar-refractivity contribution in [2.75, 3.05) is 66.0 Å². The second-order valence-corrected chi connectivity index (χ2v) is 6.12. The van der Waals surface area contributed by atoms with Gasteiger partial charge in [0.05, 0.1) is 13.2 Å². The van der Waals surface area contributed by atoms with Crippen LogP contribution < -0.4 is 5.32 Å². The Bertz CT molecular complexity index is 452. The standard InChI is InChI=1S/C16H30F3N5O2/c1-4-20-14(21-7-6-8-22(3)13-16(17,18)19)23-9-11-24(12-10-23)15(25)26-5-2/h4-13H2,1-3H3,(H,20,21). The van der Waals surface area contributed by atoms with Gasteiger partial charge in [-0.1, -0.05) is 0 Å². The van der Waals surface area contributed by atoms with Crippen molar-refractivity contribution < 1.29 is 22.7 Å². The third kappa shape index (κ3) is 8.59. The topological polar surface area (TPSA) is 60.4 Å². The van der Waals surface area contributed by atoms with E-state index in [9.17, 15) is 18.0 Å². The molecule has 0 unspecified atom stereocenters. The molecule has 0 atom stereocenters. The lowest BCUT2D eigenvalue weighted by Gasteiger charge is -2.35. The number of piperazine rings is 1. The number of carbonyl (C=O) groups excluding carboxylic acids is 1. The van der Waals surface area contributed by atoms with Crippen LogP contribution in [0.4, 0.5) is 18.0 Å². The predicted molar refractivity (Wildman–Crippen MR) is 94.3 cm³/mol. The van der Waals surface area contributed by atoms with Crippen LogP contribution in [-0.2, 0) is 4.74 Å². The van der Waals surface area contributed by atoms with Gasteiger partial charge in [-0.2, -0.15) is 13.2 Å². The van der Waals surface area contributed by atoms with Crippen LogP contribution in [0.3, 0.4) is 0 Å². The molecule has 152 valence electrons. The molecule has 1 N–H and O–H groups in total. The maximum absolute atomic E-state index is 12.3. The van der Waals surface area contributed by atoms with Crippen molar-refractivity contribution in [1.29, 1.82) is 0 Å². The van der Waals surface area contributed by atoms with E-state index in [1.54, 1.807) is 11.8 Å². The number of guanidine groups is 1. The maximum Gasteiger partial charge on any atom is 0.409 e. The van der Waals surface area contributed by atoms with E-state index in [-0.39, 0.29) is 6.09 Å². The minimum absolute atomic E-state index is 0.304. The predicted octanol–water partition coefficient (Wildman–Crippen LogP) is 1.61. The Balaban J connectivity index is 2.43. The van der Waals surface area contributed by atoms with Gasteiger partial charge in [-0.05, 0) is 33.9 Å². The Morgan fingerprint density at radius 2 is 1.81 bits per heavy atom. The lowest BCUT2D eigenvalue weighted by molar-refractivity contribution is -0.143. The highest BCUT2D eigenvalue weighted by atomic mass is 19.4. The number of rotatable bonds is 7. The lowest BCUT2D eigenvalue weighted by atomic mass is 10.3. The molecule has 1 amide bonds. The SMILES string of the molecule is CCNC(=NCCCN(C)CC(F)(F)F)N1CCN(C(=O)OCC)CC1. The van der Waals surface area contributed by atoms with E-state index >= 15 is 0 Å². The van der Waals surface area contributed by atoms with Crippen LogP contribution in [0.5, 0.6) is 0 Å². The summed E-state index contributed by atoms with van der Waals surface area (Å²) in [6.45, 7) is 7.04. The van der Waals surface area contributed by atoms with Crippen LogP contribution in [0, 0.1) is 0 Å². The van der Waals surface area contributed by atoms with E-state index in [0.29, 0.717) is 58.8 Å². The number of alkyl halides is 3. The molecular formula is C16H30F3N5O2. The molecular weight excluding hydrogens is 351 g/mol. The van der Waals surface area contributed by atoms with Gasteiger partial charge in [-0.25, -0.2) is 4.79 Å². The van der Waals surface area contributed by atoms with E-state index in [0.717, 1.165) is 5.96 Å². The maximum atomic E-state index is 12.3. The monoisotopic (exact) mass is 381 g/mol. The molecule has 0 aromatic heterocycles. The zero-order valence-electron chi connectivity index (χ0n) is 15.8. The zero-order chi connectivity index (χ0) is 19.6. The van der Waals surface area contributed by atoms with Crippen LogP contribution >= 0.6 is 0 Å². The average Bonchev–Trinajstić information content (AvgIpc) is 2.56. The number of amides is 1. The first-order chi connectivity index (χ1) is 12.3. The lowest BCUT2D eigenvalue weighted by Crippen LogP contribution is -2.54. The molecule has 0 aromatic carbocycles. The summed E-state index contributed by atoms with van der Waals surface area (Å²) in [7, 11) is 1.46. The Kier molecular flexibility index (Phi) is 9.53. The summed E-state index contributed by atoms with van der Waals surface area (Å²) in [6.07, 6.45) is -3.93. The van der Waals surface area contributed by atoms with Gasteiger partial charge in [0, 0.05) is 39.3 Å². The largest absolute Gasteiger partial charge is 0.450 e. The smallest absolute Gasteiger partial charge is 0.409 e. The van der Waals surface area contributed by atoms with Gasteiger partial charge >= 0.3 is 12.3 Å². The Morgan fingerprint density at radius 1 is 1.19 bits per heavy atom. The fraction of sp³-hybridized carbons (Fsp3) is 0.875. The van der Waals surface area contributed by atoms with E-state index in [1.807, 2.05) is 6.92 Å². The van der Waals surface area contributed by atoms with Crippen molar-refractivity contribution in [3.05, 3.63) is 0 Å². The van der Waals surface area contributed by atoms with Gasteiger partial charge in [-0.15, -0.1) is 0 Å². The summed E-state index contributed by atoms with van der Waals surface area (Å²) in [5, 5.41) is 3.20. The zero-order valence-corrected chi connectivity index (χ0v) is 15.8. The molecule has 1 aliphatic rings. The van der Waals surface area contributed by atoms with Crippen LogP contribution in [0.1, 0.15) is 20.3 Å². The van der Waals surface area contributed by atoms with Crippen molar-refractivity contribution in [1.82, 2.24) is 20.0 Å².